The molecule has 0 bridgehead atoms. The third kappa shape index (κ3) is 5.00. The molecule has 0 saturated carbocycles. The molecule has 0 aliphatic heterocycles. The SMILES string of the molecule is CCN(CC)CCn1ccc2cc(NC(=O)COc3ccc4ccc(=O)oc4c3)ccc21. The molecule has 166 valence electrons. The second-order valence-corrected chi connectivity index (χ2v) is 7.60. The molecule has 0 atom stereocenters. The number of aromatic nitrogens is 1. The Labute approximate surface area is 186 Å². The highest BCUT2D eigenvalue weighted by atomic mass is 16.5. The van der Waals surface area contributed by atoms with Gasteiger partial charge >= 0.3 is 5.63 Å². The number of carbonyl (C=O) groups is 1. The van der Waals surface area contributed by atoms with Crippen LogP contribution in [0.15, 0.2) is 70.0 Å². The van der Waals surface area contributed by atoms with Crippen LogP contribution in [-0.2, 0) is 11.3 Å². The smallest absolute Gasteiger partial charge is 0.336 e. The number of fused-ring (bicyclic) bond motifs is 2. The summed E-state index contributed by atoms with van der Waals surface area (Å²) >= 11 is 0. The molecule has 0 saturated heterocycles. The first-order chi connectivity index (χ1) is 15.6. The van der Waals surface area contributed by atoms with E-state index in [0.717, 1.165) is 48.2 Å². The number of rotatable bonds is 9. The average molecular weight is 434 g/mol. The van der Waals surface area contributed by atoms with Gasteiger partial charge < -0.3 is 23.9 Å². The summed E-state index contributed by atoms with van der Waals surface area (Å²) in [7, 11) is 0. The van der Waals surface area contributed by atoms with E-state index >= 15 is 0 Å². The maximum Gasteiger partial charge on any atom is 0.336 e. The molecule has 0 aliphatic rings. The number of anilines is 1. The zero-order valence-electron chi connectivity index (χ0n) is 18.3. The predicted molar refractivity (Wildman–Crippen MR) is 126 cm³/mol. The predicted octanol–water partition coefficient (Wildman–Crippen LogP) is 4.11. The zero-order valence-corrected chi connectivity index (χ0v) is 18.3. The molecule has 2 aromatic carbocycles. The minimum absolute atomic E-state index is 0.147. The van der Waals surface area contributed by atoms with Crippen molar-refractivity contribution in [2.75, 3.05) is 31.6 Å². The molecule has 0 aliphatic carbocycles. The highest BCUT2D eigenvalue weighted by Gasteiger charge is 2.08. The van der Waals surface area contributed by atoms with Gasteiger partial charge in [-0.2, -0.15) is 0 Å². The quantitative estimate of drug-likeness (QED) is 0.402. The highest BCUT2D eigenvalue weighted by molar-refractivity contribution is 5.94. The van der Waals surface area contributed by atoms with Crippen LogP contribution in [0.5, 0.6) is 5.75 Å². The Morgan fingerprint density at radius 3 is 2.66 bits per heavy atom. The van der Waals surface area contributed by atoms with Crippen molar-refractivity contribution in [3.63, 3.8) is 0 Å². The Kier molecular flexibility index (Phi) is 6.56. The maximum atomic E-state index is 12.4. The molecule has 7 heteroatoms. The van der Waals surface area contributed by atoms with Crippen LogP contribution in [0.4, 0.5) is 5.69 Å². The number of likely N-dealkylation sites (N-methyl/N-ethyl adjacent to an activating group) is 1. The first kappa shape index (κ1) is 21.6. The Balaban J connectivity index is 1.36. The Bertz CT molecular complexity index is 1290. The molecule has 2 heterocycles. The van der Waals surface area contributed by atoms with Crippen molar-refractivity contribution in [3.05, 3.63) is 71.2 Å². The van der Waals surface area contributed by atoms with Gasteiger partial charge in [-0.05, 0) is 55.6 Å². The fourth-order valence-corrected chi connectivity index (χ4v) is 3.74. The second kappa shape index (κ2) is 9.70. The summed E-state index contributed by atoms with van der Waals surface area (Å²) in [6.07, 6.45) is 2.08. The monoisotopic (exact) mass is 433 g/mol. The summed E-state index contributed by atoms with van der Waals surface area (Å²) in [4.78, 5) is 26.1. The summed E-state index contributed by atoms with van der Waals surface area (Å²) in [6.45, 7) is 8.22. The van der Waals surface area contributed by atoms with Gasteiger partial charge in [-0.25, -0.2) is 4.79 Å². The Morgan fingerprint density at radius 2 is 1.84 bits per heavy atom. The van der Waals surface area contributed by atoms with E-state index in [9.17, 15) is 9.59 Å². The van der Waals surface area contributed by atoms with E-state index in [1.807, 2.05) is 18.2 Å². The van der Waals surface area contributed by atoms with Gasteiger partial charge in [0.25, 0.3) is 5.91 Å². The molecule has 4 aromatic rings. The normalized spacial score (nSPS) is 11.3. The van der Waals surface area contributed by atoms with Crippen LogP contribution in [-0.4, -0.2) is 41.6 Å². The lowest BCUT2D eigenvalue weighted by molar-refractivity contribution is -0.118. The summed E-state index contributed by atoms with van der Waals surface area (Å²) in [5, 5.41) is 4.74. The molecule has 0 radical (unpaired) electrons. The number of nitrogens with one attached hydrogen (secondary N) is 1. The molecule has 32 heavy (non-hydrogen) atoms. The van der Waals surface area contributed by atoms with E-state index in [1.165, 1.54) is 6.07 Å². The standard InChI is InChI=1S/C25H27N3O4/c1-3-27(4-2)13-14-28-12-11-19-15-20(7-9-22(19)28)26-24(29)17-31-21-8-5-18-6-10-25(30)32-23(18)16-21/h5-12,15-16H,3-4,13-14,17H2,1-2H3,(H,26,29). The Hall–Kier alpha value is -3.58. The van der Waals surface area contributed by atoms with Crippen LogP contribution in [0.3, 0.4) is 0 Å². The average Bonchev–Trinajstić information content (AvgIpc) is 3.20. The van der Waals surface area contributed by atoms with Crippen molar-refractivity contribution in [2.45, 2.75) is 20.4 Å². The summed E-state index contributed by atoms with van der Waals surface area (Å²) < 4.78 is 13.0. The van der Waals surface area contributed by atoms with Crippen molar-refractivity contribution in [1.29, 1.82) is 0 Å². The van der Waals surface area contributed by atoms with Crippen molar-refractivity contribution >= 4 is 33.5 Å². The third-order valence-corrected chi connectivity index (χ3v) is 5.57. The lowest BCUT2D eigenvalue weighted by Crippen LogP contribution is -2.26. The van der Waals surface area contributed by atoms with Crippen LogP contribution < -0.4 is 15.7 Å². The molecule has 4 rings (SSSR count). The number of nitrogens with zero attached hydrogens (tertiary/aromatic N) is 2. The van der Waals surface area contributed by atoms with E-state index in [0.29, 0.717) is 11.3 Å². The van der Waals surface area contributed by atoms with Crippen LogP contribution in [0, 0.1) is 0 Å². The summed E-state index contributed by atoms with van der Waals surface area (Å²) in [5.41, 5.74) is 1.86. The third-order valence-electron chi connectivity index (χ3n) is 5.57. The highest BCUT2D eigenvalue weighted by Crippen LogP contribution is 2.22. The molecular weight excluding hydrogens is 406 g/mol. The number of amides is 1. The van der Waals surface area contributed by atoms with Gasteiger partial charge in [-0.1, -0.05) is 13.8 Å². The number of ether oxygens (including phenoxy) is 1. The van der Waals surface area contributed by atoms with Gasteiger partial charge in [-0.15, -0.1) is 0 Å². The van der Waals surface area contributed by atoms with Crippen LogP contribution in [0.25, 0.3) is 21.9 Å². The molecule has 1 N–H and O–H groups in total. The molecule has 1 amide bonds. The number of hydrogen-bond donors (Lipinski definition) is 1. The number of benzene rings is 2. The molecule has 0 fully saturated rings. The van der Waals surface area contributed by atoms with E-state index in [4.69, 9.17) is 9.15 Å². The van der Waals surface area contributed by atoms with E-state index < -0.39 is 5.63 Å². The van der Waals surface area contributed by atoms with Gasteiger partial charge in [0.15, 0.2) is 6.61 Å². The van der Waals surface area contributed by atoms with E-state index in [1.54, 1.807) is 24.3 Å². The first-order valence-electron chi connectivity index (χ1n) is 10.8. The second-order valence-electron chi connectivity index (χ2n) is 7.60. The first-order valence-corrected chi connectivity index (χ1v) is 10.8. The minimum atomic E-state index is -0.426. The number of carbonyl (C=O) groups excluding carboxylic acids is 1. The lowest BCUT2D eigenvalue weighted by atomic mass is 10.2. The van der Waals surface area contributed by atoms with E-state index in [2.05, 4.69) is 40.9 Å². The zero-order chi connectivity index (χ0) is 22.5. The van der Waals surface area contributed by atoms with Crippen molar-refractivity contribution in [2.24, 2.45) is 0 Å². The van der Waals surface area contributed by atoms with Crippen LogP contribution >= 0.6 is 0 Å². The van der Waals surface area contributed by atoms with Crippen LogP contribution in [0.1, 0.15) is 13.8 Å². The fourth-order valence-electron chi connectivity index (χ4n) is 3.74. The van der Waals surface area contributed by atoms with Crippen molar-refractivity contribution in [3.8, 4) is 5.75 Å². The van der Waals surface area contributed by atoms with Gasteiger partial charge in [0.1, 0.15) is 11.3 Å². The van der Waals surface area contributed by atoms with Gasteiger partial charge in [0, 0.05) is 53.4 Å². The maximum absolute atomic E-state index is 12.4. The van der Waals surface area contributed by atoms with E-state index in [-0.39, 0.29) is 12.5 Å². The van der Waals surface area contributed by atoms with Crippen molar-refractivity contribution < 1.29 is 13.9 Å². The van der Waals surface area contributed by atoms with Gasteiger partial charge in [0.2, 0.25) is 0 Å². The van der Waals surface area contributed by atoms with Crippen molar-refractivity contribution in [1.82, 2.24) is 9.47 Å². The van der Waals surface area contributed by atoms with Gasteiger partial charge in [-0.3, -0.25) is 4.79 Å². The van der Waals surface area contributed by atoms with Gasteiger partial charge in [0.05, 0.1) is 0 Å². The molecule has 2 aromatic heterocycles. The fraction of sp³-hybridized carbons (Fsp3) is 0.280. The molecule has 7 nitrogen and oxygen atoms in total. The van der Waals surface area contributed by atoms with Crippen LogP contribution in [0.2, 0.25) is 0 Å². The summed E-state index contributed by atoms with van der Waals surface area (Å²) in [6, 6.07) is 16.1. The molecule has 0 spiro atoms. The summed E-state index contributed by atoms with van der Waals surface area (Å²) in [5.74, 6) is 0.197. The largest absolute Gasteiger partial charge is 0.484 e. The molecule has 0 unspecified atom stereocenters. The molecular formula is C25H27N3O4. The topological polar surface area (TPSA) is 76.7 Å². The number of hydrogen-bond acceptors (Lipinski definition) is 5. The minimum Gasteiger partial charge on any atom is -0.484 e. The lowest BCUT2D eigenvalue weighted by Gasteiger charge is -2.18. The Morgan fingerprint density at radius 1 is 1.03 bits per heavy atom.